The van der Waals surface area contributed by atoms with E-state index in [9.17, 15) is 0 Å². The maximum atomic E-state index is 4.50. The lowest BCUT2D eigenvalue weighted by atomic mass is 10.1. The average molecular weight is 247 g/mol. The molecule has 2 aromatic heterocycles. The monoisotopic (exact) mass is 247 g/mol. The smallest absolute Gasteiger partial charge is 0.140 e. The molecule has 0 atom stereocenters. The molecule has 0 amide bonds. The summed E-state index contributed by atoms with van der Waals surface area (Å²) < 4.78 is 3.90. The zero-order valence-electron chi connectivity index (χ0n) is 11.7. The molecule has 5 nitrogen and oxygen atoms in total. The van der Waals surface area contributed by atoms with Crippen molar-refractivity contribution in [3.8, 4) is 5.82 Å². The van der Waals surface area contributed by atoms with Gasteiger partial charge in [0.25, 0.3) is 0 Å². The fraction of sp³-hybridized carbons (Fsp3) is 0.538. The van der Waals surface area contributed by atoms with E-state index in [1.165, 1.54) is 5.56 Å². The Morgan fingerprint density at radius 2 is 2.06 bits per heavy atom. The molecule has 2 aromatic rings. The Hall–Kier alpha value is -1.62. The Kier molecular flexibility index (Phi) is 3.26. The Labute approximate surface area is 108 Å². The van der Waals surface area contributed by atoms with E-state index in [0.717, 1.165) is 18.1 Å². The first kappa shape index (κ1) is 12.8. The summed E-state index contributed by atoms with van der Waals surface area (Å²) in [7, 11) is 1.96. The zero-order valence-corrected chi connectivity index (χ0v) is 11.7. The molecular weight excluding hydrogens is 226 g/mol. The molecule has 0 bridgehead atoms. The molecule has 18 heavy (non-hydrogen) atoms. The largest absolute Gasteiger partial charge is 0.308 e. The third kappa shape index (κ3) is 2.61. The van der Waals surface area contributed by atoms with E-state index in [4.69, 9.17) is 0 Å². The van der Waals surface area contributed by atoms with Gasteiger partial charge in [-0.1, -0.05) is 0 Å². The van der Waals surface area contributed by atoms with Crippen molar-refractivity contribution in [1.82, 2.24) is 24.6 Å². The van der Waals surface area contributed by atoms with E-state index in [2.05, 4.69) is 36.2 Å². The van der Waals surface area contributed by atoms with E-state index in [-0.39, 0.29) is 5.54 Å². The Bertz CT molecular complexity index is 516. The molecule has 0 saturated carbocycles. The van der Waals surface area contributed by atoms with Gasteiger partial charge in [0.2, 0.25) is 0 Å². The van der Waals surface area contributed by atoms with Gasteiger partial charge >= 0.3 is 0 Å². The number of imidazole rings is 1. The van der Waals surface area contributed by atoms with Crippen LogP contribution in [-0.2, 0) is 13.6 Å². The van der Waals surface area contributed by atoms with Crippen molar-refractivity contribution in [3.05, 3.63) is 30.0 Å². The molecule has 5 heteroatoms. The van der Waals surface area contributed by atoms with Gasteiger partial charge in [-0.25, -0.2) is 4.98 Å². The quantitative estimate of drug-likeness (QED) is 0.899. The maximum Gasteiger partial charge on any atom is 0.140 e. The summed E-state index contributed by atoms with van der Waals surface area (Å²) in [6.45, 7) is 9.33. The van der Waals surface area contributed by atoms with Crippen molar-refractivity contribution in [3.63, 3.8) is 0 Å². The fourth-order valence-corrected chi connectivity index (χ4v) is 1.96. The lowest BCUT2D eigenvalue weighted by molar-refractivity contribution is 0.423. The molecule has 0 aliphatic carbocycles. The summed E-state index contributed by atoms with van der Waals surface area (Å²) in [4.78, 5) is 4.10. The van der Waals surface area contributed by atoms with Gasteiger partial charge in [-0.3, -0.25) is 9.25 Å². The van der Waals surface area contributed by atoms with Crippen LogP contribution < -0.4 is 5.32 Å². The minimum Gasteiger partial charge on any atom is -0.308 e. The molecule has 2 rings (SSSR count). The molecule has 98 valence electrons. The zero-order chi connectivity index (χ0) is 13.3. The molecule has 0 aliphatic rings. The van der Waals surface area contributed by atoms with Gasteiger partial charge in [0.1, 0.15) is 12.1 Å². The Morgan fingerprint density at radius 3 is 2.61 bits per heavy atom. The van der Waals surface area contributed by atoms with Gasteiger partial charge in [0.15, 0.2) is 0 Å². The molecule has 0 aromatic carbocycles. The number of nitrogens with zero attached hydrogens (tertiary/aromatic N) is 4. The number of hydrogen-bond donors (Lipinski definition) is 1. The van der Waals surface area contributed by atoms with E-state index in [1.807, 2.05) is 29.4 Å². The van der Waals surface area contributed by atoms with Crippen LogP contribution >= 0.6 is 0 Å². The number of aromatic nitrogens is 4. The van der Waals surface area contributed by atoms with Crippen molar-refractivity contribution in [1.29, 1.82) is 0 Å². The molecular formula is C13H21N5. The van der Waals surface area contributed by atoms with Gasteiger partial charge < -0.3 is 5.32 Å². The SMILES string of the molecule is Cc1nn(C)c(-n2ccnc2)c1CNC(C)(C)C. The summed E-state index contributed by atoms with van der Waals surface area (Å²) >= 11 is 0. The van der Waals surface area contributed by atoms with Crippen molar-refractivity contribution in [2.24, 2.45) is 7.05 Å². The lowest BCUT2D eigenvalue weighted by Gasteiger charge is -2.21. The summed E-state index contributed by atoms with van der Waals surface area (Å²) in [6, 6.07) is 0. The first-order chi connectivity index (χ1) is 8.38. The highest BCUT2D eigenvalue weighted by molar-refractivity contribution is 5.38. The minimum atomic E-state index is 0.0918. The third-order valence-electron chi connectivity index (χ3n) is 2.86. The van der Waals surface area contributed by atoms with E-state index >= 15 is 0 Å². The second-order valence-electron chi connectivity index (χ2n) is 5.58. The second-order valence-corrected chi connectivity index (χ2v) is 5.58. The molecule has 0 fully saturated rings. The number of hydrogen-bond acceptors (Lipinski definition) is 3. The fourth-order valence-electron chi connectivity index (χ4n) is 1.96. The molecule has 0 aliphatic heterocycles. The molecule has 0 radical (unpaired) electrons. The third-order valence-corrected chi connectivity index (χ3v) is 2.86. The summed E-state index contributed by atoms with van der Waals surface area (Å²) in [5.74, 6) is 1.07. The number of aryl methyl sites for hydroxylation is 2. The normalized spacial score (nSPS) is 12.1. The highest BCUT2D eigenvalue weighted by Gasteiger charge is 2.17. The van der Waals surface area contributed by atoms with Crippen LogP contribution in [0.15, 0.2) is 18.7 Å². The summed E-state index contributed by atoms with van der Waals surface area (Å²) in [5.41, 5.74) is 2.36. The maximum absolute atomic E-state index is 4.50. The Balaban J connectivity index is 2.35. The topological polar surface area (TPSA) is 47.7 Å². The predicted octanol–water partition coefficient (Wildman–Crippen LogP) is 1.80. The standard InChI is InChI=1S/C13H21N5/c1-10-11(8-15-13(2,3)4)12(17(5)16-10)18-7-6-14-9-18/h6-7,9,15H,8H2,1-5H3. The highest BCUT2D eigenvalue weighted by Crippen LogP contribution is 2.18. The van der Waals surface area contributed by atoms with Crippen LogP contribution in [0.5, 0.6) is 0 Å². The van der Waals surface area contributed by atoms with E-state index in [1.54, 1.807) is 12.5 Å². The molecule has 0 unspecified atom stereocenters. The minimum absolute atomic E-state index is 0.0918. The molecule has 1 N–H and O–H groups in total. The van der Waals surface area contributed by atoms with Crippen molar-refractivity contribution < 1.29 is 0 Å². The van der Waals surface area contributed by atoms with Crippen LogP contribution in [0.2, 0.25) is 0 Å². The van der Waals surface area contributed by atoms with Gasteiger partial charge in [-0.2, -0.15) is 5.10 Å². The van der Waals surface area contributed by atoms with E-state index in [0.29, 0.717) is 0 Å². The highest BCUT2D eigenvalue weighted by atomic mass is 15.3. The van der Waals surface area contributed by atoms with Gasteiger partial charge in [0.05, 0.1) is 5.69 Å². The van der Waals surface area contributed by atoms with Crippen LogP contribution in [0, 0.1) is 6.92 Å². The van der Waals surface area contributed by atoms with Crippen LogP contribution in [0.4, 0.5) is 0 Å². The summed E-state index contributed by atoms with van der Waals surface area (Å²) in [6.07, 6.45) is 5.53. The molecule has 2 heterocycles. The van der Waals surface area contributed by atoms with E-state index < -0.39 is 0 Å². The van der Waals surface area contributed by atoms with Crippen LogP contribution in [0.1, 0.15) is 32.0 Å². The van der Waals surface area contributed by atoms with Crippen LogP contribution in [0.3, 0.4) is 0 Å². The van der Waals surface area contributed by atoms with Crippen molar-refractivity contribution in [2.45, 2.75) is 39.8 Å². The number of rotatable bonds is 3. The van der Waals surface area contributed by atoms with Crippen LogP contribution in [-0.4, -0.2) is 24.9 Å². The number of nitrogens with one attached hydrogen (secondary N) is 1. The first-order valence-corrected chi connectivity index (χ1v) is 6.14. The van der Waals surface area contributed by atoms with Gasteiger partial charge in [-0.05, 0) is 27.7 Å². The lowest BCUT2D eigenvalue weighted by Crippen LogP contribution is -2.35. The van der Waals surface area contributed by atoms with Gasteiger partial charge in [-0.15, -0.1) is 0 Å². The molecule has 0 saturated heterocycles. The van der Waals surface area contributed by atoms with Crippen LogP contribution in [0.25, 0.3) is 5.82 Å². The first-order valence-electron chi connectivity index (χ1n) is 6.14. The van der Waals surface area contributed by atoms with Gasteiger partial charge in [0, 0.05) is 37.1 Å². The average Bonchev–Trinajstić information content (AvgIpc) is 2.82. The van der Waals surface area contributed by atoms with Crippen molar-refractivity contribution >= 4 is 0 Å². The second kappa shape index (κ2) is 4.57. The Morgan fingerprint density at radius 1 is 1.33 bits per heavy atom. The van der Waals surface area contributed by atoms with Crippen molar-refractivity contribution in [2.75, 3.05) is 0 Å². The molecule has 0 spiro atoms. The predicted molar refractivity (Wildman–Crippen MR) is 71.7 cm³/mol. The summed E-state index contributed by atoms with van der Waals surface area (Å²) in [5, 5.41) is 8.00.